The van der Waals surface area contributed by atoms with E-state index in [0.29, 0.717) is 38.6 Å². The number of rotatable bonds is 8. The zero-order valence-corrected chi connectivity index (χ0v) is 20.5. The normalized spacial score (nSPS) is 18.0. The summed E-state index contributed by atoms with van der Waals surface area (Å²) in [5.74, 6) is 1.10. The lowest BCUT2D eigenvalue weighted by molar-refractivity contribution is 0.0278. The van der Waals surface area contributed by atoms with Gasteiger partial charge in [-0.2, -0.15) is 0 Å². The first kappa shape index (κ1) is 26.5. The molecule has 176 valence electrons. The number of hydrogen-bond acceptors (Lipinski definition) is 5. The number of carbonyl (C=O) groups is 1. The highest BCUT2D eigenvalue weighted by atomic mass is 32.2. The molecule has 0 aromatic heterocycles. The van der Waals surface area contributed by atoms with E-state index >= 15 is 0 Å². The third-order valence-electron chi connectivity index (χ3n) is 4.78. The second-order valence-corrected chi connectivity index (χ2v) is 11.1. The van der Waals surface area contributed by atoms with Crippen LogP contribution in [-0.4, -0.2) is 87.3 Å². The van der Waals surface area contributed by atoms with E-state index in [1.54, 1.807) is 23.3 Å². The molecule has 0 bridgehead atoms. The van der Waals surface area contributed by atoms with Crippen LogP contribution in [0.2, 0.25) is 0 Å². The maximum Gasteiger partial charge on any atom is 0.410 e. The Kier molecular flexibility index (Phi) is 10.4. The number of sulfonamides is 1. The molecule has 1 saturated heterocycles. The number of carbonyl (C=O) groups excluding carboxylic acids is 1. The van der Waals surface area contributed by atoms with E-state index in [1.165, 1.54) is 0 Å². The number of aliphatic imine (C=N–C) groups is 1. The first-order valence-electron chi connectivity index (χ1n) is 10.8. The molecule has 2 N–H and O–H groups in total. The van der Waals surface area contributed by atoms with E-state index in [9.17, 15) is 13.2 Å². The molecule has 1 aliphatic heterocycles. The van der Waals surface area contributed by atoms with Crippen LogP contribution in [0.1, 0.15) is 53.9 Å². The first-order valence-corrected chi connectivity index (χ1v) is 12.4. The predicted molar refractivity (Wildman–Crippen MR) is 121 cm³/mol. The summed E-state index contributed by atoms with van der Waals surface area (Å²) < 4.78 is 31.4. The Hall–Kier alpha value is -1.55. The Morgan fingerprint density at radius 3 is 2.40 bits per heavy atom. The van der Waals surface area contributed by atoms with Crippen molar-refractivity contribution >= 4 is 22.1 Å². The lowest BCUT2D eigenvalue weighted by Crippen LogP contribution is -2.50. The fraction of sp³-hybridized carbons (Fsp3) is 0.900. The van der Waals surface area contributed by atoms with E-state index < -0.39 is 15.6 Å². The van der Waals surface area contributed by atoms with Gasteiger partial charge in [-0.05, 0) is 46.0 Å². The smallest absolute Gasteiger partial charge is 0.410 e. The van der Waals surface area contributed by atoms with E-state index in [4.69, 9.17) is 4.74 Å². The SMILES string of the molecule is CCCS(=O)(=O)N1CCC(NC(=NC)NCC(C)CN(C)C(=O)OC(C)(C)C)CC1. The summed E-state index contributed by atoms with van der Waals surface area (Å²) in [5.41, 5.74) is -0.510. The van der Waals surface area contributed by atoms with Crippen molar-refractivity contribution in [3.8, 4) is 0 Å². The Morgan fingerprint density at radius 2 is 1.90 bits per heavy atom. The van der Waals surface area contributed by atoms with E-state index in [0.717, 1.165) is 12.8 Å². The highest BCUT2D eigenvalue weighted by molar-refractivity contribution is 7.89. The van der Waals surface area contributed by atoms with Gasteiger partial charge >= 0.3 is 6.09 Å². The van der Waals surface area contributed by atoms with Gasteiger partial charge in [0, 0.05) is 46.3 Å². The number of guanidine groups is 1. The molecule has 0 spiro atoms. The van der Waals surface area contributed by atoms with Crippen LogP contribution in [0.5, 0.6) is 0 Å². The lowest BCUT2D eigenvalue weighted by atomic mass is 10.1. The standard InChI is InChI=1S/C20H41N5O4S/c1-8-13-30(27,28)25-11-9-17(10-12-25)23-18(21-6)22-14-16(2)15-24(7)19(26)29-20(3,4)5/h16-17H,8-15H2,1-7H3,(H2,21,22,23). The molecule has 0 aliphatic carbocycles. The number of nitrogens with one attached hydrogen (secondary N) is 2. The van der Waals surface area contributed by atoms with Crippen LogP contribution < -0.4 is 10.6 Å². The third kappa shape index (κ3) is 9.51. The molecule has 30 heavy (non-hydrogen) atoms. The topological polar surface area (TPSA) is 103 Å². The van der Waals surface area contributed by atoms with Crippen LogP contribution in [0, 0.1) is 5.92 Å². The minimum absolute atomic E-state index is 0.184. The third-order valence-corrected chi connectivity index (χ3v) is 6.86. The molecule has 1 aliphatic rings. The van der Waals surface area contributed by atoms with Crippen LogP contribution in [0.25, 0.3) is 0 Å². The van der Waals surface area contributed by atoms with Crippen molar-refractivity contribution in [2.45, 2.75) is 65.5 Å². The van der Waals surface area contributed by atoms with Gasteiger partial charge < -0.3 is 20.3 Å². The molecule has 1 heterocycles. The van der Waals surface area contributed by atoms with E-state index in [-0.39, 0.29) is 23.8 Å². The van der Waals surface area contributed by atoms with Crippen molar-refractivity contribution in [2.75, 3.05) is 46.0 Å². The fourth-order valence-electron chi connectivity index (χ4n) is 3.27. The first-order chi connectivity index (χ1) is 13.9. The van der Waals surface area contributed by atoms with Crippen molar-refractivity contribution in [1.29, 1.82) is 0 Å². The van der Waals surface area contributed by atoms with Gasteiger partial charge in [-0.25, -0.2) is 17.5 Å². The quantitative estimate of drug-likeness (QED) is 0.435. The van der Waals surface area contributed by atoms with Crippen LogP contribution in [0.4, 0.5) is 4.79 Å². The maximum atomic E-state index is 12.2. The van der Waals surface area contributed by atoms with Crippen molar-refractivity contribution in [2.24, 2.45) is 10.9 Å². The van der Waals surface area contributed by atoms with Crippen molar-refractivity contribution in [3.63, 3.8) is 0 Å². The summed E-state index contributed by atoms with van der Waals surface area (Å²) in [5, 5.41) is 6.68. The van der Waals surface area contributed by atoms with Crippen molar-refractivity contribution in [1.82, 2.24) is 19.8 Å². The van der Waals surface area contributed by atoms with Crippen LogP contribution in [0.3, 0.4) is 0 Å². The molecule has 1 amide bonds. The molecular weight excluding hydrogens is 406 g/mol. The number of piperidine rings is 1. The van der Waals surface area contributed by atoms with Gasteiger partial charge in [-0.3, -0.25) is 4.99 Å². The molecule has 0 saturated carbocycles. The number of amides is 1. The van der Waals surface area contributed by atoms with Gasteiger partial charge in [0.1, 0.15) is 5.60 Å². The van der Waals surface area contributed by atoms with Gasteiger partial charge in [-0.15, -0.1) is 0 Å². The Labute approximate surface area is 182 Å². The molecule has 10 heteroatoms. The monoisotopic (exact) mass is 447 g/mol. The number of nitrogens with zero attached hydrogens (tertiary/aromatic N) is 3. The second kappa shape index (κ2) is 11.7. The van der Waals surface area contributed by atoms with E-state index in [1.807, 2.05) is 27.7 Å². The van der Waals surface area contributed by atoms with Gasteiger partial charge in [-0.1, -0.05) is 13.8 Å². The van der Waals surface area contributed by atoms with E-state index in [2.05, 4.69) is 22.5 Å². The molecule has 0 radical (unpaired) electrons. The molecule has 1 atom stereocenters. The summed E-state index contributed by atoms with van der Waals surface area (Å²) in [6, 6.07) is 0.184. The van der Waals surface area contributed by atoms with Gasteiger partial charge in [0.15, 0.2) is 5.96 Å². The minimum Gasteiger partial charge on any atom is -0.444 e. The van der Waals surface area contributed by atoms with Gasteiger partial charge in [0.25, 0.3) is 0 Å². The van der Waals surface area contributed by atoms with Crippen LogP contribution in [-0.2, 0) is 14.8 Å². The van der Waals surface area contributed by atoms with Crippen molar-refractivity contribution in [3.05, 3.63) is 0 Å². The summed E-state index contributed by atoms with van der Waals surface area (Å²) in [4.78, 5) is 17.9. The zero-order chi connectivity index (χ0) is 22.9. The Bertz CT molecular complexity index is 667. The number of hydrogen-bond donors (Lipinski definition) is 2. The predicted octanol–water partition coefficient (Wildman–Crippen LogP) is 1.86. The molecule has 0 aromatic carbocycles. The molecule has 9 nitrogen and oxygen atoms in total. The zero-order valence-electron chi connectivity index (χ0n) is 19.7. The molecular formula is C20H41N5O4S. The number of ether oxygens (including phenoxy) is 1. The average Bonchev–Trinajstić information content (AvgIpc) is 2.64. The summed E-state index contributed by atoms with van der Waals surface area (Å²) in [7, 11) is 0.325. The molecule has 1 unspecified atom stereocenters. The van der Waals surface area contributed by atoms with Gasteiger partial charge in [0.05, 0.1) is 5.75 Å². The Morgan fingerprint density at radius 1 is 1.30 bits per heavy atom. The van der Waals surface area contributed by atoms with Gasteiger partial charge in [0.2, 0.25) is 10.0 Å². The summed E-state index contributed by atoms with van der Waals surface area (Å²) in [6.07, 6.45) is 1.81. The largest absolute Gasteiger partial charge is 0.444 e. The van der Waals surface area contributed by atoms with Crippen molar-refractivity contribution < 1.29 is 17.9 Å². The maximum absolute atomic E-state index is 12.2. The minimum atomic E-state index is -3.13. The molecule has 1 fully saturated rings. The molecule has 0 aromatic rings. The lowest BCUT2D eigenvalue weighted by Gasteiger charge is -2.32. The average molecular weight is 448 g/mol. The molecule has 1 rings (SSSR count). The van der Waals surface area contributed by atoms with Crippen LogP contribution >= 0.6 is 0 Å². The van der Waals surface area contributed by atoms with Crippen LogP contribution in [0.15, 0.2) is 4.99 Å². The summed E-state index contributed by atoms with van der Waals surface area (Å²) >= 11 is 0. The summed E-state index contributed by atoms with van der Waals surface area (Å²) in [6.45, 7) is 11.8. The highest BCUT2D eigenvalue weighted by Gasteiger charge is 2.27. The Balaban J connectivity index is 2.41. The fourth-order valence-corrected chi connectivity index (χ4v) is 4.81. The second-order valence-electron chi connectivity index (χ2n) is 9.05. The highest BCUT2D eigenvalue weighted by Crippen LogP contribution is 2.15.